The van der Waals surface area contributed by atoms with Crippen molar-refractivity contribution < 1.29 is 5.11 Å². The first-order valence-corrected chi connectivity index (χ1v) is 5.48. The quantitative estimate of drug-likeness (QED) is 0.584. The Labute approximate surface area is 91.5 Å². The minimum absolute atomic E-state index is 0.0462. The summed E-state index contributed by atoms with van der Waals surface area (Å²) >= 11 is 0. The Morgan fingerprint density at radius 2 is 1.93 bits per heavy atom. The van der Waals surface area contributed by atoms with Crippen LogP contribution in [0.1, 0.15) is 18.5 Å². The van der Waals surface area contributed by atoms with Crippen LogP contribution in [0.15, 0.2) is 30.3 Å². The first-order chi connectivity index (χ1) is 7.38. The molecule has 1 rings (SSSR count). The van der Waals surface area contributed by atoms with Crippen LogP contribution in [0.3, 0.4) is 0 Å². The van der Waals surface area contributed by atoms with Crippen molar-refractivity contribution in [2.75, 3.05) is 26.2 Å². The van der Waals surface area contributed by atoms with Gasteiger partial charge in [-0.15, -0.1) is 0 Å². The molecule has 84 valence electrons. The van der Waals surface area contributed by atoms with E-state index < -0.39 is 0 Å². The molecule has 0 fully saturated rings. The Hall–Kier alpha value is -0.900. The number of aliphatic hydroxyl groups is 1. The molecule has 1 atom stereocenters. The standard InChI is InChI=1S/C12H20N2O/c1-2-13-8-9-14-12(10-15)11-6-4-3-5-7-11/h3-7,12-15H,2,8-10H2,1H3/t12-/m1/s1. The van der Waals surface area contributed by atoms with Crippen LogP contribution in [0, 0.1) is 0 Å². The highest BCUT2D eigenvalue weighted by Gasteiger charge is 2.07. The van der Waals surface area contributed by atoms with E-state index in [1.165, 1.54) is 0 Å². The van der Waals surface area contributed by atoms with Crippen molar-refractivity contribution in [3.63, 3.8) is 0 Å². The smallest absolute Gasteiger partial charge is 0.0626 e. The Bertz CT molecular complexity index is 251. The van der Waals surface area contributed by atoms with Gasteiger partial charge in [-0.05, 0) is 12.1 Å². The van der Waals surface area contributed by atoms with Crippen molar-refractivity contribution in [2.45, 2.75) is 13.0 Å². The van der Waals surface area contributed by atoms with Gasteiger partial charge >= 0.3 is 0 Å². The lowest BCUT2D eigenvalue weighted by atomic mass is 10.1. The molecule has 0 aliphatic heterocycles. The van der Waals surface area contributed by atoms with Crippen LogP contribution in [0.25, 0.3) is 0 Å². The minimum Gasteiger partial charge on any atom is -0.394 e. The molecule has 0 aromatic heterocycles. The Morgan fingerprint density at radius 1 is 1.20 bits per heavy atom. The lowest BCUT2D eigenvalue weighted by Crippen LogP contribution is -2.31. The van der Waals surface area contributed by atoms with Crippen LogP contribution in [-0.2, 0) is 0 Å². The van der Waals surface area contributed by atoms with Gasteiger partial charge in [0, 0.05) is 13.1 Å². The second kappa shape index (κ2) is 7.40. The van der Waals surface area contributed by atoms with Gasteiger partial charge in [0.2, 0.25) is 0 Å². The molecule has 3 heteroatoms. The third-order valence-corrected chi connectivity index (χ3v) is 2.33. The third-order valence-electron chi connectivity index (χ3n) is 2.33. The van der Waals surface area contributed by atoms with Gasteiger partial charge in [0.15, 0.2) is 0 Å². The van der Waals surface area contributed by atoms with E-state index in [4.69, 9.17) is 0 Å². The molecule has 0 radical (unpaired) electrons. The van der Waals surface area contributed by atoms with Crippen LogP contribution in [0.2, 0.25) is 0 Å². The molecule has 1 aromatic rings. The number of benzene rings is 1. The summed E-state index contributed by atoms with van der Waals surface area (Å²) in [6, 6.07) is 10.1. The number of rotatable bonds is 7. The van der Waals surface area contributed by atoms with Gasteiger partial charge in [-0.1, -0.05) is 37.3 Å². The van der Waals surface area contributed by atoms with Crippen LogP contribution in [0.5, 0.6) is 0 Å². The average molecular weight is 208 g/mol. The third kappa shape index (κ3) is 4.42. The van der Waals surface area contributed by atoms with Gasteiger partial charge < -0.3 is 15.7 Å². The molecule has 3 nitrogen and oxygen atoms in total. The fraction of sp³-hybridized carbons (Fsp3) is 0.500. The molecule has 0 bridgehead atoms. The predicted octanol–water partition coefficient (Wildman–Crippen LogP) is 0.919. The number of hydrogen-bond donors (Lipinski definition) is 3. The van der Waals surface area contributed by atoms with E-state index in [9.17, 15) is 5.11 Å². The van der Waals surface area contributed by atoms with Gasteiger partial charge in [0.05, 0.1) is 12.6 Å². The van der Waals surface area contributed by atoms with Crippen molar-refractivity contribution >= 4 is 0 Å². The summed E-state index contributed by atoms with van der Waals surface area (Å²) < 4.78 is 0. The summed E-state index contributed by atoms with van der Waals surface area (Å²) in [4.78, 5) is 0. The lowest BCUT2D eigenvalue weighted by molar-refractivity contribution is 0.245. The Kier molecular flexibility index (Phi) is 6.00. The molecule has 15 heavy (non-hydrogen) atoms. The SMILES string of the molecule is CCNCCN[C@H](CO)c1ccccc1. The van der Waals surface area contributed by atoms with Gasteiger partial charge in [0.1, 0.15) is 0 Å². The van der Waals surface area contributed by atoms with Crippen molar-refractivity contribution in [3.8, 4) is 0 Å². The number of hydrogen-bond acceptors (Lipinski definition) is 3. The van der Waals surface area contributed by atoms with E-state index in [1.54, 1.807) is 0 Å². The number of aliphatic hydroxyl groups excluding tert-OH is 1. The molecule has 0 saturated heterocycles. The summed E-state index contributed by atoms with van der Waals surface area (Å²) in [5.74, 6) is 0. The molecule has 0 saturated carbocycles. The fourth-order valence-corrected chi connectivity index (χ4v) is 1.48. The van der Waals surface area contributed by atoms with Gasteiger partial charge in [-0.2, -0.15) is 0 Å². The first kappa shape index (κ1) is 12.2. The maximum atomic E-state index is 9.25. The summed E-state index contributed by atoms with van der Waals surface area (Å²) in [7, 11) is 0. The Morgan fingerprint density at radius 3 is 2.53 bits per heavy atom. The largest absolute Gasteiger partial charge is 0.394 e. The van der Waals surface area contributed by atoms with E-state index in [1.807, 2.05) is 30.3 Å². The van der Waals surface area contributed by atoms with Crippen molar-refractivity contribution in [2.24, 2.45) is 0 Å². The highest BCUT2D eigenvalue weighted by molar-refractivity contribution is 5.18. The van der Waals surface area contributed by atoms with E-state index in [0.29, 0.717) is 0 Å². The second-order valence-electron chi connectivity index (χ2n) is 3.45. The molecule has 0 amide bonds. The highest BCUT2D eigenvalue weighted by atomic mass is 16.3. The van der Waals surface area contributed by atoms with Crippen molar-refractivity contribution in [1.82, 2.24) is 10.6 Å². The first-order valence-electron chi connectivity index (χ1n) is 5.48. The monoisotopic (exact) mass is 208 g/mol. The molecule has 0 aliphatic rings. The maximum Gasteiger partial charge on any atom is 0.0626 e. The Balaban J connectivity index is 2.36. The van der Waals surface area contributed by atoms with Gasteiger partial charge in [0.25, 0.3) is 0 Å². The van der Waals surface area contributed by atoms with Crippen LogP contribution < -0.4 is 10.6 Å². The van der Waals surface area contributed by atoms with Crippen molar-refractivity contribution in [3.05, 3.63) is 35.9 Å². The molecule has 1 aromatic carbocycles. The minimum atomic E-state index is 0.0462. The number of likely N-dealkylation sites (N-methyl/N-ethyl adjacent to an activating group) is 1. The van der Waals surface area contributed by atoms with E-state index in [-0.39, 0.29) is 12.6 Å². The summed E-state index contributed by atoms with van der Waals surface area (Å²) in [5, 5.41) is 15.8. The molecular formula is C12H20N2O. The second-order valence-corrected chi connectivity index (χ2v) is 3.45. The zero-order chi connectivity index (χ0) is 10.9. The maximum absolute atomic E-state index is 9.25. The summed E-state index contributed by atoms with van der Waals surface area (Å²) in [6.45, 7) is 5.00. The van der Waals surface area contributed by atoms with E-state index >= 15 is 0 Å². The van der Waals surface area contributed by atoms with E-state index in [0.717, 1.165) is 25.2 Å². The lowest BCUT2D eigenvalue weighted by Gasteiger charge is -2.16. The zero-order valence-electron chi connectivity index (χ0n) is 9.24. The molecule has 0 aliphatic carbocycles. The van der Waals surface area contributed by atoms with Crippen LogP contribution in [-0.4, -0.2) is 31.3 Å². The van der Waals surface area contributed by atoms with Crippen molar-refractivity contribution in [1.29, 1.82) is 0 Å². The predicted molar refractivity (Wildman–Crippen MR) is 62.8 cm³/mol. The van der Waals surface area contributed by atoms with Gasteiger partial charge in [-0.25, -0.2) is 0 Å². The topological polar surface area (TPSA) is 44.3 Å². The normalized spacial score (nSPS) is 12.7. The molecular weight excluding hydrogens is 188 g/mol. The van der Waals surface area contributed by atoms with Gasteiger partial charge in [-0.3, -0.25) is 0 Å². The number of nitrogens with one attached hydrogen (secondary N) is 2. The molecule has 3 N–H and O–H groups in total. The summed E-state index contributed by atoms with van der Waals surface area (Å²) in [6.07, 6.45) is 0. The van der Waals surface area contributed by atoms with Crippen LogP contribution >= 0.6 is 0 Å². The summed E-state index contributed by atoms with van der Waals surface area (Å²) in [5.41, 5.74) is 1.14. The highest BCUT2D eigenvalue weighted by Crippen LogP contribution is 2.10. The molecule has 0 heterocycles. The van der Waals surface area contributed by atoms with E-state index in [2.05, 4.69) is 17.6 Å². The zero-order valence-corrected chi connectivity index (χ0v) is 9.24. The molecule has 0 spiro atoms. The fourth-order valence-electron chi connectivity index (χ4n) is 1.48. The average Bonchev–Trinajstić information content (AvgIpc) is 2.30. The molecule has 0 unspecified atom stereocenters. The van der Waals surface area contributed by atoms with Crippen LogP contribution in [0.4, 0.5) is 0 Å².